The minimum atomic E-state index is -2.19. The summed E-state index contributed by atoms with van der Waals surface area (Å²) in [5, 5.41) is 6.24. The first-order valence-electron chi connectivity index (χ1n) is 18.4. The summed E-state index contributed by atoms with van der Waals surface area (Å²) in [6.45, 7) is 5.22. The van der Waals surface area contributed by atoms with Gasteiger partial charge in [0, 0.05) is 34.1 Å². The Morgan fingerprint density at radius 3 is 1.31 bits per heavy atom. The van der Waals surface area contributed by atoms with Crippen LogP contribution >= 0.6 is 25.3 Å². The van der Waals surface area contributed by atoms with Crippen LogP contribution in [0.4, 0.5) is 0 Å². The quantitative estimate of drug-likeness (QED) is 0.0292. The Kier molecular flexibility index (Phi) is 22.2. The first-order chi connectivity index (χ1) is 23.6. The van der Waals surface area contributed by atoms with Crippen LogP contribution in [0.15, 0.2) is 46.2 Å². The van der Waals surface area contributed by atoms with Crippen LogP contribution in [0.2, 0.25) is 0 Å². The van der Waals surface area contributed by atoms with Crippen molar-refractivity contribution < 1.29 is 22.3 Å². The zero-order chi connectivity index (χ0) is 36.1. The first-order valence-corrected chi connectivity index (χ1v) is 21.5. The minimum absolute atomic E-state index is 0.381. The van der Waals surface area contributed by atoms with Crippen molar-refractivity contribution in [2.24, 2.45) is 0 Å². The van der Waals surface area contributed by atoms with Crippen molar-refractivity contribution in [3.05, 3.63) is 58.7 Å². The average molecular weight is 757 g/mol. The van der Waals surface area contributed by atoms with E-state index in [0.29, 0.717) is 59.8 Å². The minimum Gasteiger partial charge on any atom is -0.381 e. The SMILES string of the molecule is CCCCCCCCc1ccc(C(CCCOCCCC(NC)(c2ccc(CCCCCCCC)cc2S)S(=O)O)(NC)S(=O)O)c(S)c1. The molecule has 2 aromatic rings. The summed E-state index contributed by atoms with van der Waals surface area (Å²) >= 11 is 5.11. The fourth-order valence-electron chi connectivity index (χ4n) is 6.64. The second kappa shape index (κ2) is 24.5. The number of ether oxygens (including phenoxy) is 1. The van der Waals surface area contributed by atoms with Gasteiger partial charge in [0.2, 0.25) is 0 Å². The van der Waals surface area contributed by atoms with Crippen molar-refractivity contribution in [2.45, 2.75) is 149 Å². The lowest BCUT2D eigenvalue weighted by Crippen LogP contribution is -2.44. The van der Waals surface area contributed by atoms with Crippen LogP contribution in [0.1, 0.15) is 139 Å². The lowest BCUT2D eigenvalue weighted by atomic mass is 9.97. The Morgan fingerprint density at radius 1 is 0.612 bits per heavy atom. The Bertz CT molecular complexity index is 1190. The molecule has 0 aliphatic rings. The molecule has 7 nitrogen and oxygen atoms in total. The highest BCUT2D eigenvalue weighted by molar-refractivity contribution is 7.81. The summed E-state index contributed by atoms with van der Waals surface area (Å²) in [5.41, 5.74) is 3.79. The van der Waals surface area contributed by atoms with E-state index in [1.807, 2.05) is 24.3 Å². The summed E-state index contributed by atoms with van der Waals surface area (Å²) in [6, 6.07) is 12.0. The van der Waals surface area contributed by atoms with Crippen LogP contribution in [0.3, 0.4) is 0 Å². The summed E-state index contributed by atoms with van der Waals surface area (Å²) in [4.78, 5) is -0.919. The van der Waals surface area contributed by atoms with Gasteiger partial charge in [-0.1, -0.05) is 102 Å². The standard InChI is InChI=1S/C38H64N2O5S4/c1-5-7-9-11-13-15-19-31-21-23-33(35(46)29-31)37(39-3,48(41)42)25-17-27-45-28-18-26-38(40-4,49(43)44)34-24-22-32(30-36(34)47)20-16-14-12-10-8-6-2/h21-24,29-30,39-40,46-47H,5-20,25-28H2,1-4H3,(H,41,42)(H,43,44). The second-order valence-electron chi connectivity index (χ2n) is 13.2. The molecule has 0 radical (unpaired) electrons. The number of unbranched alkanes of at least 4 members (excludes halogenated alkanes) is 10. The molecule has 0 amide bonds. The van der Waals surface area contributed by atoms with E-state index in [-0.39, 0.29) is 0 Å². The molecular weight excluding hydrogens is 693 g/mol. The van der Waals surface area contributed by atoms with Gasteiger partial charge < -0.3 is 13.8 Å². The summed E-state index contributed by atoms with van der Waals surface area (Å²) in [6.07, 6.45) is 18.6. The molecule has 11 heteroatoms. The monoisotopic (exact) mass is 756 g/mol. The molecule has 0 aromatic heterocycles. The third-order valence-electron chi connectivity index (χ3n) is 9.67. The van der Waals surface area contributed by atoms with Gasteiger partial charge in [-0.25, -0.2) is 8.42 Å². The highest BCUT2D eigenvalue weighted by Crippen LogP contribution is 2.36. The topological polar surface area (TPSA) is 108 Å². The van der Waals surface area contributed by atoms with Crippen molar-refractivity contribution in [2.75, 3.05) is 27.3 Å². The zero-order valence-corrected chi connectivity index (χ0v) is 33.9. The number of benzene rings is 2. The van der Waals surface area contributed by atoms with Gasteiger partial charge in [0.1, 0.15) is 9.74 Å². The van der Waals surface area contributed by atoms with E-state index in [0.717, 1.165) is 25.7 Å². The van der Waals surface area contributed by atoms with Gasteiger partial charge in [-0.05, 0) is 88.7 Å². The van der Waals surface area contributed by atoms with Crippen LogP contribution in [0.25, 0.3) is 0 Å². The van der Waals surface area contributed by atoms with Crippen molar-refractivity contribution in [1.82, 2.24) is 10.6 Å². The molecule has 0 heterocycles. The van der Waals surface area contributed by atoms with E-state index in [1.54, 1.807) is 14.1 Å². The number of hydrogen-bond acceptors (Lipinski definition) is 7. The van der Waals surface area contributed by atoms with Crippen molar-refractivity contribution in [3.8, 4) is 0 Å². The maximum Gasteiger partial charge on any atom is 0.178 e. The smallest absolute Gasteiger partial charge is 0.178 e. The van der Waals surface area contributed by atoms with E-state index >= 15 is 0 Å². The third-order valence-corrected chi connectivity index (χ3v) is 12.9. The molecule has 4 N–H and O–H groups in total. The lowest BCUT2D eigenvalue weighted by Gasteiger charge is -2.32. The molecule has 49 heavy (non-hydrogen) atoms. The number of hydrogen-bond donors (Lipinski definition) is 6. The number of nitrogens with one attached hydrogen (secondary N) is 2. The van der Waals surface area contributed by atoms with Gasteiger partial charge in [-0.15, -0.1) is 25.3 Å². The summed E-state index contributed by atoms with van der Waals surface area (Å²) < 4.78 is 52.4. The predicted molar refractivity (Wildman–Crippen MR) is 214 cm³/mol. The number of rotatable bonds is 28. The highest BCUT2D eigenvalue weighted by Gasteiger charge is 2.39. The fraction of sp³-hybridized carbons (Fsp3) is 0.684. The summed E-state index contributed by atoms with van der Waals surface area (Å²) in [5.74, 6) is 0. The molecule has 0 fully saturated rings. The fourth-order valence-corrected chi connectivity index (χ4v) is 9.37. The Balaban J connectivity index is 1.93. The first kappa shape index (κ1) is 44.4. The van der Waals surface area contributed by atoms with E-state index < -0.39 is 31.9 Å². The van der Waals surface area contributed by atoms with Crippen LogP contribution in [0, 0.1) is 0 Å². The van der Waals surface area contributed by atoms with Crippen LogP contribution in [0.5, 0.6) is 0 Å². The highest BCUT2D eigenvalue weighted by atomic mass is 32.2. The van der Waals surface area contributed by atoms with E-state index in [4.69, 9.17) is 30.0 Å². The molecule has 4 unspecified atom stereocenters. The average Bonchev–Trinajstić information content (AvgIpc) is 3.08. The maximum atomic E-state index is 12.8. The molecule has 2 aromatic carbocycles. The van der Waals surface area contributed by atoms with Crippen LogP contribution in [-0.2, 0) is 49.5 Å². The van der Waals surface area contributed by atoms with Gasteiger partial charge in [0.15, 0.2) is 22.2 Å². The molecule has 0 saturated heterocycles. The normalized spacial score (nSPS) is 15.5. The van der Waals surface area contributed by atoms with E-state index in [2.05, 4.69) is 36.6 Å². The second-order valence-corrected chi connectivity index (χ2v) is 16.6. The van der Waals surface area contributed by atoms with Crippen molar-refractivity contribution in [3.63, 3.8) is 0 Å². The predicted octanol–water partition coefficient (Wildman–Crippen LogP) is 9.54. The molecule has 0 aliphatic heterocycles. The van der Waals surface area contributed by atoms with Crippen molar-refractivity contribution in [1.29, 1.82) is 0 Å². The largest absolute Gasteiger partial charge is 0.381 e. The zero-order valence-electron chi connectivity index (χ0n) is 30.4. The lowest BCUT2D eigenvalue weighted by molar-refractivity contribution is 0.119. The molecule has 0 spiro atoms. The van der Waals surface area contributed by atoms with Gasteiger partial charge >= 0.3 is 0 Å². The Hall–Kier alpha value is -0.760. The molecule has 0 bridgehead atoms. The Labute approximate surface area is 313 Å². The van der Waals surface area contributed by atoms with Gasteiger partial charge in [-0.2, -0.15) is 0 Å². The Morgan fingerprint density at radius 2 is 0.980 bits per heavy atom. The van der Waals surface area contributed by atoms with Crippen LogP contribution < -0.4 is 10.6 Å². The van der Waals surface area contributed by atoms with Crippen molar-refractivity contribution >= 4 is 47.4 Å². The molecule has 4 atom stereocenters. The van der Waals surface area contributed by atoms with E-state index in [1.165, 1.54) is 75.3 Å². The van der Waals surface area contributed by atoms with E-state index in [9.17, 15) is 17.5 Å². The molecule has 2 rings (SSSR count). The van der Waals surface area contributed by atoms with Gasteiger partial charge in [0.05, 0.1) is 0 Å². The number of thiol groups is 2. The van der Waals surface area contributed by atoms with Gasteiger partial charge in [0.25, 0.3) is 0 Å². The molecule has 0 saturated carbocycles. The van der Waals surface area contributed by atoms with Gasteiger partial charge in [-0.3, -0.25) is 10.6 Å². The van der Waals surface area contributed by atoms with Crippen LogP contribution in [-0.4, -0.2) is 44.8 Å². The summed E-state index contributed by atoms with van der Waals surface area (Å²) in [7, 11) is 3.41. The third kappa shape index (κ3) is 14.0. The molecule has 0 aliphatic carbocycles. The maximum absolute atomic E-state index is 12.8. The number of aryl methyl sites for hydroxylation is 2. The molecular formula is C38H64N2O5S4. The molecule has 280 valence electrons.